The van der Waals surface area contributed by atoms with E-state index in [-0.39, 0.29) is 11.3 Å². The number of benzene rings is 2. The van der Waals surface area contributed by atoms with Crippen LogP contribution in [0.2, 0.25) is 5.02 Å². The summed E-state index contributed by atoms with van der Waals surface area (Å²) in [5, 5.41) is 0.580. The van der Waals surface area contributed by atoms with Crippen molar-refractivity contribution in [3.8, 4) is 17.2 Å². The highest BCUT2D eigenvalue weighted by Gasteiger charge is 2.33. The Morgan fingerprint density at radius 2 is 1.82 bits per heavy atom. The number of carbonyl (C=O) groups excluding carboxylic acids is 1. The van der Waals surface area contributed by atoms with Gasteiger partial charge in [0, 0.05) is 35.4 Å². The predicted octanol–water partition coefficient (Wildman–Crippen LogP) is 4.57. The second-order valence-corrected chi connectivity index (χ2v) is 8.01. The lowest BCUT2D eigenvalue weighted by Crippen LogP contribution is -2.30. The molecule has 0 saturated carbocycles. The van der Waals surface area contributed by atoms with E-state index < -0.39 is 0 Å². The van der Waals surface area contributed by atoms with Crippen molar-refractivity contribution < 1.29 is 19.0 Å². The Morgan fingerprint density at radius 3 is 2.50 bits per heavy atom. The third kappa shape index (κ3) is 4.50. The molecule has 0 N–H and O–H groups in total. The molecule has 0 radical (unpaired) electrons. The van der Waals surface area contributed by atoms with Crippen LogP contribution in [0.4, 0.5) is 0 Å². The molecule has 0 spiro atoms. The van der Waals surface area contributed by atoms with Crippen LogP contribution < -0.4 is 14.2 Å². The maximum Gasteiger partial charge on any atom is 0.224 e. The van der Waals surface area contributed by atoms with Crippen LogP contribution in [0.15, 0.2) is 36.4 Å². The van der Waals surface area contributed by atoms with E-state index >= 15 is 0 Å². The summed E-state index contributed by atoms with van der Waals surface area (Å²) in [5.41, 5.74) is 1.98. The Labute approximate surface area is 174 Å². The van der Waals surface area contributed by atoms with E-state index in [0.29, 0.717) is 41.7 Å². The van der Waals surface area contributed by atoms with E-state index in [9.17, 15) is 4.79 Å². The summed E-state index contributed by atoms with van der Waals surface area (Å²) >= 11 is 7.77. The summed E-state index contributed by atoms with van der Waals surface area (Å²) < 4.78 is 16.4. The molecule has 5 nitrogen and oxygen atoms in total. The first-order chi connectivity index (χ1) is 13.6. The number of thioether (sulfide) groups is 1. The third-order valence-corrected chi connectivity index (χ3v) is 6.21. The molecule has 3 rings (SSSR count). The fourth-order valence-electron chi connectivity index (χ4n) is 3.32. The first-order valence-corrected chi connectivity index (χ1v) is 10.5. The zero-order chi connectivity index (χ0) is 20.1. The minimum atomic E-state index is -0.110. The number of methoxy groups -OCH3 is 3. The van der Waals surface area contributed by atoms with Crippen LogP contribution in [0.5, 0.6) is 17.2 Å². The van der Waals surface area contributed by atoms with Crippen LogP contribution in [0, 0.1) is 0 Å². The first-order valence-electron chi connectivity index (χ1n) is 9.02. The number of carbonyl (C=O) groups is 1. The van der Waals surface area contributed by atoms with Gasteiger partial charge in [0.2, 0.25) is 5.91 Å². The predicted molar refractivity (Wildman–Crippen MR) is 113 cm³/mol. The minimum absolute atomic E-state index is 0.110. The molecule has 0 aromatic heterocycles. The van der Waals surface area contributed by atoms with Gasteiger partial charge in [0.1, 0.15) is 11.1 Å². The van der Waals surface area contributed by atoms with Crippen LogP contribution in [0.3, 0.4) is 0 Å². The van der Waals surface area contributed by atoms with Crippen LogP contribution in [0.1, 0.15) is 22.9 Å². The monoisotopic (exact) mass is 421 g/mol. The van der Waals surface area contributed by atoms with Gasteiger partial charge in [-0.1, -0.05) is 23.7 Å². The van der Waals surface area contributed by atoms with Gasteiger partial charge in [-0.15, -0.1) is 11.8 Å². The molecule has 1 amide bonds. The average Bonchev–Trinajstić information content (AvgIpc) is 3.20. The number of aryl methyl sites for hydroxylation is 1. The number of halogens is 1. The van der Waals surface area contributed by atoms with E-state index in [1.54, 1.807) is 33.1 Å². The van der Waals surface area contributed by atoms with E-state index in [1.807, 2.05) is 41.3 Å². The van der Waals surface area contributed by atoms with Crippen molar-refractivity contribution in [3.63, 3.8) is 0 Å². The molecule has 1 fully saturated rings. The number of amides is 1. The SMILES string of the molecule is COc1cc(OC)c(C2SCCN2C(=O)CCc2cccc(Cl)c2)cc1OC. The summed E-state index contributed by atoms with van der Waals surface area (Å²) in [6.45, 7) is 0.710. The zero-order valence-electron chi connectivity index (χ0n) is 16.2. The Morgan fingerprint density at radius 1 is 1.11 bits per heavy atom. The summed E-state index contributed by atoms with van der Waals surface area (Å²) in [6, 6.07) is 11.4. The molecule has 28 heavy (non-hydrogen) atoms. The Hall–Kier alpha value is -2.05. The molecule has 150 valence electrons. The molecular weight excluding hydrogens is 398 g/mol. The van der Waals surface area contributed by atoms with E-state index in [4.69, 9.17) is 25.8 Å². The maximum absolute atomic E-state index is 12.9. The van der Waals surface area contributed by atoms with Gasteiger partial charge in [-0.05, 0) is 30.2 Å². The second kappa shape index (κ2) is 9.43. The molecule has 2 aromatic rings. The van der Waals surface area contributed by atoms with Crippen molar-refractivity contribution in [2.24, 2.45) is 0 Å². The first kappa shape index (κ1) is 20.7. The maximum atomic E-state index is 12.9. The Balaban J connectivity index is 1.79. The molecule has 1 unspecified atom stereocenters. The lowest BCUT2D eigenvalue weighted by Gasteiger charge is -2.26. The van der Waals surface area contributed by atoms with Crippen molar-refractivity contribution in [2.45, 2.75) is 18.2 Å². The number of nitrogens with zero attached hydrogens (tertiary/aromatic N) is 1. The van der Waals surface area contributed by atoms with Crippen molar-refractivity contribution in [1.29, 1.82) is 0 Å². The van der Waals surface area contributed by atoms with Gasteiger partial charge in [0.15, 0.2) is 11.5 Å². The minimum Gasteiger partial charge on any atom is -0.496 e. The highest BCUT2D eigenvalue weighted by Crippen LogP contribution is 2.46. The molecule has 1 atom stereocenters. The van der Waals surface area contributed by atoms with Crippen LogP contribution in [-0.4, -0.2) is 44.4 Å². The molecule has 7 heteroatoms. The van der Waals surface area contributed by atoms with E-state index in [1.165, 1.54) is 0 Å². The van der Waals surface area contributed by atoms with Gasteiger partial charge < -0.3 is 19.1 Å². The van der Waals surface area contributed by atoms with Gasteiger partial charge in [-0.2, -0.15) is 0 Å². The third-order valence-electron chi connectivity index (χ3n) is 4.73. The lowest BCUT2D eigenvalue weighted by atomic mass is 10.1. The number of hydrogen-bond donors (Lipinski definition) is 0. The topological polar surface area (TPSA) is 48.0 Å². The smallest absolute Gasteiger partial charge is 0.224 e. The van der Waals surface area contributed by atoms with Crippen LogP contribution >= 0.6 is 23.4 Å². The second-order valence-electron chi connectivity index (χ2n) is 6.39. The van der Waals surface area contributed by atoms with E-state index in [2.05, 4.69) is 0 Å². The molecule has 1 aliphatic heterocycles. The molecular formula is C21H24ClNO4S. The van der Waals surface area contributed by atoms with Gasteiger partial charge in [0.25, 0.3) is 0 Å². The largest absolute Gasteiger partial charge is 0.496 e. The fourth-order valence-corrected chi connectivity index (χ4v) is 4.82. The van der Waals surface area contributed by atoms with Gasteiger partial charge in [-0.25, -0.2) is 0 Å². The Kier molecular flexibility index (Phi) is 6.97. The summed E-state index contributed by atoms with van der Waals surface area (Å²) in [4.78, 5) is 14.9. The highest BCUT2D eigenvalue weighted by atomic mass is 35.5. The average molecular weight is 422 g/mol. The van der Waals surface area contributed by atoms with Crippen LogP contribution in [0.25, 0.3) is 0 Å². The molecule has 2 aromatic carbocycles. The number of hydrogen-bond acceptors (Lipinski definition) is 5. The van der Waals surface area contributed by atoms with Crippen molar-refractivity contribution in [2.75, 3.05) is 33.6 Å². The van der Waals surface area contributed by atoms with Crippen molar-refractivity contribution >= 4 is 29.3 Å². The lowest BCUT2D eigenvalue weighted by molar-refractivity contribution is -0.131. The quantitative estimate of drug-likeness (QED) is 0.655. The normalized spacial score (nSPS) is 16.1. The molecule has 1 heterocycles. The van der Waals surface area contributed by atoms with Gasteiger partial charge in [0.05, 0.1) is 21.3 Å². The van der Waals surface area contributed by atoms with Crippen LogP contribution in [-0.2, 0) is 11.2 Å². The molecule has 0 aliphatic carbocycles. The molecule has 1 saturated heterocycles. The zero-order valence-corrected chi connectivity index (χ0v) is 17.8. The number of ether oxygens (including phenoxy) is 3. The summed E-state index contributed by atoms with van der Waals surface area (Å²) in [6.07, 6.45) is 1.10. The van der Waals surface area contributed by atoms with Crippen molar-refractivity contribution in [1.82, 2.24) is 4.90 Å². The van der Waals surface area contributed by atoms with Gasteiger partial charge in [-0.3, -0.25) is 4.79 Å². The Bertz CT molecular complexity index is 845. The fraction of sp³-hybridized carbons (Fsp3) is 0.381. The molecule has 0 bridgehead atoms. The number of rotatable bonds is 7. The standard InChI is InChI=1S/C21H24ClNO4S/c1-25-17-13-19(27-3)18(26-2)12-16(17)21-23(9-10-28-21)20(24)8-7-14-5-4-6-15(22)11-14/h4-6,11-13,21H,7-10H2,1-3H3. The highest BCUT2D eigenvalue weighted by molar-refractivity contribution is 7.99. The summed E-state index contributed by atoms with van der Waals surface area (Å²) in [7, 11) is 4.81. The molecule has 1 aliphatic rings. The van der Waals surface area contributed by atoms with E-state index in [0.717, 1.165) is 16.9 Å². The van der Waals surface area contributed by atoms with Crippen molar-refractivity contribution in [3.05, 3.63) is 52.5 Å². The summed E-state index contributed by atoms with van der Waals surface area (Å²) in [5.74, 6) is 2.91. The van der Waals surface area contributed by atoms with Gasteiger partial charge >= 0.3 is 0 Å².